The number of aromatic nitrogens is 4. The van der Waals surface area contributed by atoms with Crippen LogP contribution < -0.4 is 10.2 Å². The Morgan fingerprint density at radius 2 is 0.680 bits per heavy atom. The molecule has 0 spiro atoms. The van der Waals surface area contributed by atoms with Crippen LogP contribution in [-0.2, 0) is 48.5 Å². The number of nitriles is 2. The monoisotopic (exact) mass is 1340 g/mol. The van der Waals surface area contributed by atoms with E-state index in [1.165, 1.54) is 35.4 Å². The van der Waals surface area contributed by atoms with Crippen LogP contribution in [0.3, 0.4) is 0 Å². The number of hydrogen-bond acceptors (Lipinski definition) is 10. The molecule has 0 saturated carbocycles. The van der Waals surface area contributed by atoms with Gasteiger partial charge in [-0.3, -0.25) is 0 Å². The Bertz CT molecular complexity index is 2530. The van der Waals surface area contributed by atoms with E-state index in [2.05, 4.69) is 117 Å². The molecule has 0 fully saturated rings. The number of aliphatic carboxylic acids is 2. The molecule has 406 valence electrons. The van der Waals surface area contributed by atoms with E-state index < -0.39 is 26.4 Å². The van der Waals surface area contributed by atoms with Crippen molar-refractivity contribution in [1.29, 1.82) is 10.5 Å². The van der Waals surface area contributed by atoms with Crippen LogP contribution in [0.15, 0.2) is 146 Å². The Kier molecular flexibility index (Phi) is 49.9. The van der Waals surface area contributed by atoms with Crippen molar-refractivity contribution in [2.24, 2.45) is 0 Å². The van der Waals surface area contributed by atoms with E-state index in [0.29, 0.717) is 0 Å². The summed E-state index contributed by atoms with van der Waals surface area (Å²) in [5.74, 6) is -2.17. The molecule has 75 heavy (non-hydrogen) atoms. The molecule has 0 saturated heterocycles. The summed E-state index contributed by atoms with van der Waals surface area (Å²) in [5, 5.41) is 40.1. The summed E-state index contributed by atoms with van der Waals surface area (Å²) in [6.07, 6.45) is 3.55. The summed E-state index contributed by atoms with van der Waals surface area (Å²) in [5.41, 5.74) is 5.74. The van der Waals surface area contributed by atoms with Crippen LogP contribution in [0.25, 0.3) is 66.1 Å². The molecule has 10 nitrogen and oxygen atoms in total. The summed E-state index contributed by atoms with van der Waals surface area (Å²) in [4.78, 5) is 35.7. The number of alkyl halides is 6. The molecule has 0 unspecified atom stereocenters. The quantitative estimate of drug-likeness (QED) is 0.0918. The van der Waals surface area contributed by atoms with Crippen molar-refractivity contribution in [1.82, 2.24) is 19.9 Å². The Morgan fingerprint density at radius 1 is 0.467 bits per heavy atom. The molecular formula is C47H42B2Cl6F8N6O4Rh2. The van der Waals surface area contributed by atoms with Crippen LogP contribution in [0.4, 0.5) is 34.5 Å². The number of nitrogens with zero attached hydrogens (tertiary/aromatic N) is 6. The molecule has 8 rings (SSSR count). The normalized spacial score (nSPS) is 9.07. The van der Waals surface area contributed by atoms with Gasteiger partial charge in [0.25, 0.3) is 0 Å². The smallest absolute Gasteiger partial charge is 0.550 e. The fourth-order valence-electron chi connectivity index (χ4n) is 4.92. The number of hydrogen-bond donors (Lipinski definition) is 0. The Balaban J connectivity index is -0.000000274. The van der Waals surface area contributed by atoms with Crippen LogP contribution in [-0.4, -0.2) is 62.4 Å². The van der Waals surface area contributed by atoms with Gasteiger partial charge in [-0.1, -0.05) is 72.8 Å². The summed E-state index contributed by atoms with van der Waals surface area (Å²) in [6.45, 7) is 4.81. The van der Waals surface area contributed by atoms with E-state index in [1.54, 1.807) is 24.5 Å². The Morgan fingerprint density at radius 3 is 0.933 bits per heavy atom. The largest absolute Gasteiger partial charge is 2.00 e. The molecule has 0 aliphatic rings. The molecule has 4 aromatic heterocycles. The summed E-state index contributed by atoms with van der Waals surface area (Å²) in [6, 6.07) is 49.2. The molecule has 8 aromatic rings. The van der Waals surface area contributed by atoms with E-state index in [-0.39, 0.29) is 55.0 Å². The molecule has 28 heteroatoms. The second-order valence-electron chi connectivity index (χ2n) is 12.3. The number of halogens is 14. The van der Waals surface area contributed by atoms with Crippen molar-refractivity contribution in [2.75, 3.05) is 16.0 Å². The third kappa shape index (κ3) is 45.0. The number of fused-ring (bicyclic) bond motifs is 4. The maximum atomic E-state index is 9.75. The van der Waals surface area contributed by atoms with Crippen LogP contribution in [0.1, 0.15) is 27.7 Å². The van der Waals surface area contributed by atoms with Crippen molar-refractivity contribution in [3.05, 3.63) is 146 Å². The maximum Gasteiger partial charge on any atom is 2.00 e. The zero-order valence-electron chi connectivity index (χ0n) is 39.4. The van der Waals surface area contributed by atoms with Gasteiger partial charge in [-0.15, -0.1) is 69.6 Å². The predicted molar refractivity (Wildman–Crippen MR) is 279 cm³/mol. The van der Waals surface area contributed by atoms with Gasteiger partial charge in [-0.25, -0.2) is 19.9 Å². The number of pyridine rings is 4. The van der Waals surface area contributed by atoms with Crippen LogP contribution in [0.2, 0.25) is 0 Å². The van der Waals surface area contributed by atoms with Crippen molar-refractivity contribution in [3.8, 4) is 34.7 Å². The second-order valence-corrected chi connectivity index (χ2v) is 14.8. The van der Waals surface area contributed by atoms with Gasteiger partial charge in [0.1, 0.15) is 0 Å². The molecule has 0 N–H and O–H groups in total. The molecule has 0 atom stereocenters. The van der Waals surface area contributed by atoms with Gasteiger partial charge >= 0.3 is 53.5 Å². The second kappa shape index (κ2) is 47.4. The zero-order valence-corrected chi connectivity index (χ0v) is 47.2. The number of carbonyl (C=O) groups excluding carboxylic acids is 2. The first-order valence-corrected chi connectivity index (χ1v) is 23.0. The first-order valence-electron chi connectivity index (χ1n) is 19.8. The maximum absolute atomic E-state index is 9.75. The number of carbonyl (C=O) groups is 2. The van der Waals surface area contributed by atoms with Gasteiger partial charge in [0.05, 0.1) is 39.5 Å². The third-order valence-corrected chi connectivity index (χ3v) is 7.02. The molecule has 4 aromatic carbocycles. The Labute approximate surface area is 484 Å². The average molecular weight is 1350 g/mol. The van der Waals surface area contributed by atoms with E-state index >= 15 is 0 Å². The van der Waals surface area contributed by atoms with Gasteiger partial charge in [0, 0.05) is 60.1 Å². The van der Waals surface area contributed by atoms with Gasteiger partial charge in [-0.05, 0) is 96.1 Å². The summed E-state index contributed by atoms with van der Waals surface area (Å²) in [7, 11) is -12.0. The minimum Gasteiger partial charge on any atom is -0.550 e. The summed E-state index contributed by atoms with van der Waals surface area (Å²) < 4.78 is 78.0. The van der Waals surface area contributed by atoms with Crippen molar-refractivity contribution in [3.63, 3.8) is 0 Å². The predicted octanol–water partition coefficient (Wildman–Crippen LogP) is 14.3. The molecule has 0 amide bonds. The van der Waals surface area contributed by atoms with E-state index in [1.807, 2.05) is 36.4 Å². The standard InChI is InChI=1S/2C18H12N2.2C2H3N.2C2H4O2.3CH2Cl2.2BF4.2Rh/c2*1-2-5-15-12-16(8-7-13(15)4-1)17-10-9-14-6-3-11-19-18(14)20-17;2*1-2-3;2*1-2(3)4;3*2-1-3;2*2-1(3,4)5;;/h2*1-12H;2*1H3;2*1H3,(H,3,4);3*1H2;;;;/q;;;;;;;;;2*-1;2*+2/p-2. The number of carboxylic acids is 2. The Hall–Kier alpha value is -5.00. The van der Waals surface area contributed by atoms with Gasteiger partial charge in [0.15, 0.2) is 11.3 Å². The van der Waals surface area contributed by atoms with E-state index in [9.17, 15) is 34.5 Å². The first-order chi connectivity index (χ1) is 34.3. The van der Waals surface area contributed by atoms with Crippen LogP contribution in [0.5, 0.6) is 0 Å². The van der Waals surface area contributed by atoms with Gasteiger partial charge in [0.2, 0.25) is 0 Å². The van der Waals surface area contributed by atoms with E-state index in [4.69, 9.17) is 99.9 Å². The van der Waals surface area contributed by atoms with Gasteiger partial charge < -0.3 is 54.3 Å². The zero-order chi connectivity index (χ0) is 56.4. The minimum absolute atomic E-state index is 0. The number of rotatable bonds is 2. The third-order valence-electron chi connectivity index (χ3n) is 7.02. The van der Waals surface area contributed by atoms with Gasteiger partial charge in [-0.2, -0.15) is 10.5 Å². The SMILES string of the molecule is CC#N.CC#N.CC(=O)[O-].CC(=O)[O-].ClCCl.ClCCl.ClCCl.F[B-](F)(F)F.F[B-](F)(F)F.[Rh+2].[Rh+2].c1ccc2cc(-c3ccc4cccnc4n3)ccc2c1.c1ccc2cc(-c3ccc4cccnc4n3)ccc2c1. The average Bonchev–Trinajstić information content (AvgIpc) is 3.31. The summed E-state index contributed by atoms with van der Waals surface area (Å²) >= 11 is 28.6. The number of carboxylic acid groups (broad SMARTS) is 2. The molecule has 0 aliphatic heterocycles. The van der Waals surface area contributed by atoms with Crippen molar-refractivity contribution >= 4 is 140 Å². The van der Waals surface area contributed by atoms with E-state index in [0.717, 1.165) is 58.4 Å². The molecule has 0 aliphatic carbocycles. The topological polar surface area (TPSA) is 179 Å². The van der Waals surface area contributed by atoms with Crippen molar-refractivity contribution < 1.29 is 93.3 Å². The molecule has 2 radical (unpaired) electrons. The molecule has 0 bridgehead atoms. The number of benzene rings is 4. The van der Waals surface area contributed by atoms with Crippen LogP contribution in [0, 0.1) is 22.7 Å². The fraction of sp³-hybridized carbons (Fsp3) is 0.149. The molecular weight excluding hydrogens is 1300 g/mol. The van der Waals surface area contributed by atoms with Crippen LogP contribution >= 0.6 is 69.6 Å². The molecule has 4 heterocycles. The minimum atomic E-state index is -6.00. The first kappa shape index (κ1) is 78.9. The van der Waals surface area contributed by atoms with Crippen molar-refractivity contribution in [2.45, 2.75) is 27.7 Å². The fourth-order valence-corrected chi connectivity index (χ4v) is 4.92.